The zero-order chi connectivity index (χ0) is 15.0. The van der Waals surface area contributed by atoms with E-state index in [-0.39, 0.29) is 16.7 Å². The summed E-state index contributed by atoms with van der Waals surface area (Å²) >= 11 is 1.17. The maximum Gasteiger partial charge on any atom is 0.358 e. The summed E-state index contributed by atoms with van der Waals surface area (Å²) in [7, 11) is 0. The minimum atomic E-state index is -1.09. The maximum atomic E-state index is 10.7. The van der Waals surface area contributed by atoms with Crippen LogP contribution in [-0.2, 0) is 6.54 Å². The SMILES string of the molecule is O=C(O)c1cn(C2CN(Cc3ccc([N+](=O)[O-])s3)C2)nn1. The fourth-order valence-electron chi connectivity index (χ4n) is 2.16. The van der Waals surface area contributed by atoms with Crippen LogP contribution >= 0.6 is 11.3 Å². The van der Waals surface area contributed by atoms with Gasteiger partial charge in [-0.2, -0.15) is 0 Å². The summed E-state index contributed by atoms with van der Waals surface area (Å²) in [6.07, 6.45) is 1.42. The fourth-order valence-corrected chi connectivity index (χ4v) is 3.02. The summed E-state index contributed by atoms with van der Waals surface area (Å²) < 4.78 is 1.55. The van der Waals surface area contributed by atoms with Gasteiger partial charge in [-0.3, -0.25) is 15.0 Å². The van der Waals surface area contributed by atoms with E-state index in [0.717, 1.165) is 4.88 Å². The van der Waals surface area contributed by atoms with Gasteiger partial charge in [0.15, 0.2) is 5.69 Å². The Kier molecular flexibility index (Phi) is 3.39. The highest BCUT2D eigenvalue weighted by Crippen LogP contribution is 2.28. The van der Waals surface area contributed by atoms with Gasteiger partial charge in [-0.1, -0.05) is 16.6 Å². The molecule has 1 saturated heterocycles. The summed E-state index contributed by atoms with van der Waals surface area (Å²) in [4.78, 5) is 24.0. The number of carbonyl (C=O) groups is 1. The van der Waals surface area contributed by atoms with Gasteiger partial charge in [-0.15, -0.1) is 5.10 Å². The summed E-state index contributed by atoms with van der Waals surface area (Å²) in [6, 6.07) is 3.36. The Hall–Kier alpha value is -2.33. The molecule has 0 aromatic carbocycles. The predicted molar refractivity (Wildman–Crippen MR) is 72.3 cm³/mol. The van der Waals surface area contributed by atoms with Crippen LogP contribution in [0.1, 0.15) is 21.4 Å². The number of aromatic nitrogens is 3. The average molecular weight is 309 g/mol. The van der Waals surface area contributed by atoms with Gasteiger partial charge in [0.25, 0.3) is 0 Å². The van der Waals surface area contributed by atoms with E-state index in [4.69, 9.17) is 5.11 Å². The highest BCUT2D eigenvalue weighted by molar-refractivity contribution is 7.15. The van der Waals surface area contributed by atoms with Crippen molar-refractivity contribution in [3.8, 4) is 0 Å². The molecule has 9 nitrogen and oxygen atoms in total. The first kappa shape index (κ1) is 13.6. The third-order valence-electron chi connectivity index (χ3n) is 3.25. The monoisotopic (exact) mass is 309 g/mol. The van der Waals surface area contributed by atoms with Crippen molar-refractivity contribution in [2.24, 2.45) is 0 Å². The molecular weight excluding hydrogens is 298 g/mol. The molecule has 3 heterocycles. The van der Waals surface area contributed by atoms with Crippen molar-refractivity contribution in [1.82, 2.24) is 19.9 Å². The van der Waals surface area contributed by atoms with E-state index in [2.05, 4.69) is 15.2 Å². The zero-order valence-corrected chi connectivity index (χ0v) is 11.6. The second-order valence-corrected chi connectivity index (χ2v) is 5.88. The number of thiophene rings is 1. The molecule has 1 aliphatic rings. The molecule has 1 fully saturated rings. The number of nitro groups is 1. The largest absolute Gasteiger partial charge is 0.476 e. The van der Waals surface area contributed by atoms with Gasteiger partial charge in [0.1, 0.15) is 0 Å². The molecule has 0 atom stereocenters. The van der Waals surface area contributed by atoms with E-state index in [1.807, 2.05) is 0 Å². The van der Waals surface area contributed by atoms with E-state index in [0.29, 0.717) is 19.6 Å². The third kappa shape index (κ3) is 2.76. The van der Waals surface area contributed by atoms with Crippen molar-refractivity contribution in [2.75, 3.05) is 13.1 Å². The van der Waals surface area contributed by atoms with E-state index in [1.54, 1.807) is 10.7 Å². The number of nitrogens with zero attached hydrogens (tertiary/aromatic N) is 5. The topological polar surface area (TPSA) is 114 Å². The molecule has 3 rings (SSSR count). The van der Waals surface area contributed by atoms with E-state index in [9.17, 15) is 14.9 Å². The summed E-state index contributed by atoms with van der Waals surface area (Å²) in [5, 5.41) is 26.9. The first-order chi connectivity index (χ1) is 10.0. The molecule has 0 unspecified atom stereocenters. The Labute approximate surface area is 122 Å². The smallest absolute Gasteiger partial charge is 0.358 e. The molecule has 21 heavy (non-hydrogen) atoms. The maximum absolute atomic E-state index is 10.7. The molecule has 10 heteroatoms. The molecule has 1 N–H and O–H groups in total. The molecule has 1 aliphatic heterocycles. The first-order valence-electron chi connectivity index (χ1n) is 6.13. The van der Waals surface area contributed by atoms with Crippen LogP contribution in [0, 0.1) is 10.1 Å². The van der Waals surface area contributed by atoms with Gasteiger partial charge < -0.3 is 5.11 Å². The minimum Gasteiger partial charge on any atom is -0.476 e. The average Bonchev–Trinajstić information content (AvgIpc) is 3.02. The van der Waals surface area contributed by atoms with Gasteiger partial charge in [0.05, 0.1) is 17.2 Å². The number of hydrogen-bond donors (Lipinski definition) is 1. The predicted octanol–water partition coefficient (Wildman–Crippen LogP) is 1.00. The van der Waals surface area contributed by atoms with Gasteiger partial charge in [0.2, 0.25) is 0 Å². The number of likely N-dealkylation sites (tertiary alicyclic amines) is 1. The van der Waals surface area contributed by atoms with Crippen LogP contribution in [-0.4, -0.2) is 49.0 Å². The van der Waals surface area contributed by atoms with Crippen LogP contribution in [0.5, 0.6) is 0 Å². The van der Waals surface area contributed by atoms with Gasteiger partial charge in [-0.25, -0.2) is 9.48 Å². The molecule has 110 valence electrons. The van der Waals surface area contributed by atoms with Crippen molar-refractivity contribution in [1.29, 1.82) is 0 Å². The van der Waals surface area contributed by atoms with Crippen LogP contribution in [0.15, 0.2) is 18.3 Å². The van der Waals surface area contributed by atoms with Crippen LogP contribution in [0.3, 0.4) is 0 Å². The lowest BCUT2D eigenvalue weighted by Gasteiger charge is -2.38. The Morgan fingerprint density at radius 1 is 1.52 bits per heavy atom. The molecule has 0 saturated carbocycles. The van der Waals surface area contributed by atoms with Crippen molar-refractivity contribution in [3.63, 3.8) is 0 Å². The molecule has 0 aliphatic carbocycles. The minimum absolute atomic E-state index is 0.0673. The Balaban J connectivity index is 1.55. The van der Waals surface area contributed by atoms with Gasteiger partial charge >= 0.3 is 11.0 Å². The van der Waals surface area contributed by atoms with Crippen LogP contribution < -0.4 is 0 Å². The van der Waals surface area contributed by atoms with Crippen molar-refractivity contribution >= 4 is 22.3 Å². The quantitative estimate of drug-likeness (QED) is 0.647. The number of aromatic carboxylic acids is 1. The number of carboxylic acids is 1. The van der Waals surface area contributed by atoms with E-state index < -0.39 is 10.9 Å². The number of rotatable bonds is 5. The second-order valence-electron chi connectivity index (χ2n) is 4.73. The summed E-state index contributed by atoms with van der Waals surface area (Å²) in [6.45, 7) is 2.08. The van der Waals surface area contributed by atoms with Crippen LogP contribution in [0.2, 0.25) is 0 Å². The second kappa shape index (κ2) is 5.22. The molecule has 2 aromatic rings. The van der Waals surface area contributed by atoms with Crippen molar-refractivity contribution < 1.29 is 14.8 Å². The van der Waals surface area contributed by atoms with Gasteiger partial charge in [0, 0.05) is 30.6 Å². The van der Waals surface area contributed by atoms with Crippen molar-refractivity contribution in [2.45, 2.75) is 12.6 Å². The summed E-state index contributed by atoms with van der Waals surface area (Å²) in [5.74, 6) is -1.09. The van der Waals surface area contributed by atoms with E-state index >= 15 is 0 Å². The van der Waals surface area contributed by atoms with Gasteiger partial charge in [-0.05, 0) is 6.07 Å². The molecule has 0 radical (unpaired) electrons. The number of carboxylic acid groups (broad SMARTS) is 1. The molecule has 0 bridgehead atoms. The Morgan fingerprint density at radius 3 is 2.86 bits per heavy atom. The highest BCUT2D eigenvalue weighted by Gasteiger charge is 2.30. The third-order valence-corrected chi connectivity index (χ3v) is 4.27. The summed E-state index contributed by atoms with van der Waals surface area (Å²) in [5.41, 5.74) is -0.0673. The fraction of sp³-hybridized carbons (Fsp3) is 0.364. The van der Waals surface area contributed by atoms with E-state index in [1.165, 1.54) is 23.6 Å². The molecule has 0 spiro atoms. The first-order valence-corrected chi connectivity index (χ1v) is 6.95. The Bertz CT molecular complexity index is 690. The van der Waals surface area contributed by atoms with Crippen LogP contribution in [0.25, 0.3) is 0 Å². The lowest BCUT2D eigenvalue weighted by molar-refractivity contribution is -0.380. The lowest BCUT2D eigenvalue weighted by Crippen LogP contribution is -2.47. The zero-order valence-electron chi connectivity index (χ0n) is 10.7. The Morgan fingerprint density at radius 2 is 2.29 bits per heavy atom. The normalized spacial score (nSPS) is 15.8. The standard InChI is InChI=1S/C11H11N5O4S/c17-11(18)9-6-15(13-12-9)7-3-14(4-7)5-8-1-2-10(21-8)16(19)20/h1-2,6-7H,3-5H2,(H,17,18). The molecule has 2 aromatic heterocycles. The lowest BCUT2D eigenvalue weighted by atomic mass is 10.1. The molecular formula is C11H11N5O4S. The number of hydrogen-bond acceptors (Lipinski definition) is 7. The van der Waals surface area contributed by atoms with Crippen molar-refractivity contribution in [3.05, 3.63) is 39.0 Å². The highest BCUT2D eigenvalue weighted by atomic mass is 32.1. The van der Waals surface area contributed by atoms with Crippen LogP contribution in [0.4, 0.5) is 5.00 Å². The molecule has 0 amide bonds.